The maximum Gasteiger partial charge on any atom is 0.339 e. The molecule has 24 heavy (non-hydrogen) atoms. The molecule has 0 aliphatic rings. The van der Waals surface area contributed by atoms with Crippen molar-refractivity contribution in [2.75, 3.05) is 12.4 Å². The Morgan fingerprint density at radius 3 is 2.38 bits per heavy atom. The van der Waals surface area contributed by atoms with Crippen LogP contribution in [0.2, 0.25) is 0 Å². The molecule has 0 radical (unpaired) electrons. The van der Waals surface area contributed by atoms with Gasteiger partial charge in [0.15, 0.2) is 17.7 Å². The first-order valence-corrected chi connectivity index (χ1v) is 7.32. The normalized spacial score (nSPS) is 11.5. The molecule has 6 heteroatoms. The van der Waals surface area contributed by atoms with Crippen LogP contribution in [0.1, 0.15) is 22.8 Å². The fourth-order valence-corrected chi connectivity index (χ4v) is 1.96. The summed E-state index contributed by atoms with van der Waals surface area (Å²) in [6.45, 7) is 3.38. The minimum absolute atomic E-state index is 0.00304. The Kier molecular flexibility index (Phi) is 5.52. The summed E-state index contributed by atoms with van der Waals surface area (Å²) in [5.41, 5.74) is 1.67. The van der Waals surface area contributed by atoms with Gasteiger partial charge in [0.2, 0.25) is 0 Å². The fourth-order valence-electron chi connectivity index (χ4n) is 1.96. The van der Waals surface area contributed by atoms with Gasteiger partial charge in [-0.1, -0.05) is 17.7 Å². The maximum absolute atomic E-state index is 13.6. The third kappa shape index (κ3) is 4.32. The van der Waals surface area contributed by atoms with Crippen LogP contribution in [0.5, 0.6) is 5.75 Å². The molecule has 0 bridgehead atoms. The molecule has 0 saturated carbocycles. The smallest absolute Gasteiger partial charge is 0.339 e. The molecule has 0 aliphatic heterocycles. The molecule has 1 atom stereocenters. The zero-order valence-electron chi connectivity index (χ0n) is 13.6. The van der Waals surface area contributed by atoms with E-state index in [-0.39, 0.29) is 11.3 Å². The second-order valence-corrected chi connectivity index (χ2v) is 5.25. The number of halogens is 1. The average molecular weight is 331 g/mol. The summed E-state index contributed by atoms with van der Waals surface area (Å²) in [4.78, 5) is 24.0. The van der Waals surface area contributed by atoms with E-state index >= 15 is 0 Å². The number of amides is 1. The number of ether oxygens (including phenoxy) is 2. The molecule has 0 fully saturated rings. The lowest BCUT2D eigenvalue weighted by Crippen LogP contribution is -2.30. The van der Waals surface area contributed by atoms with Gasteiger partial charge in [-0.05, 0) is 44.2 Å². The van der Waals surface area contributed by atoms with E-state index in [2.05, 4.69) is 5.32 Å². The molecule has 2 rings (SSSR count). The van der Waals surface area contributed by atoms with E-state index in [0.717, 1.165) is 11.6 Å². The van der Waals surface area contributed by atoms with Crippen molar-refractivity contribution in [1.82, 2.24) is 0 Å². The lowest BCUT2D eigenvalue weighted by Gasteiger charge is -2.14. The molecule has 2 aromatic carbocycles. The van der Waals surface area contributed by atoms with Crippen LogP contribution < -0.4 is 10.1 Å². The molecule has 0 spiro atoms. The van der Waals surface area contributed by atoms with Crippen LogP contribution in [-0.4, -0.2) is 25.1 Å². The van der Waals surface area contributed by atoms with E-state index in [1.54, 1.807) is 12.1 Å². The lowest BCUT2D eigenvalue weighted by molar-refractivity contribution is -0.123. The van der Waals surface area contributed by atoms with Crippen LogP contribution in [-0.2, 0) is 9.53 Å². The Bertz CT molecular complexity index is 743. The Labute approximate surface area is 139 Å². The van der Waals surface area contributed by atoms with Crippen LogP contribution in [0.3, 0.4) is 0 Å². The van der Waals surface area contributed by atoms with E-state index in [1.165, 1.54) is 26.2 Å². The maximum atomic E-state index is 13.6. The van der Waals surface area contributed by atoms with Crippen molar-refractivity contribution in [3.8, 4) is 5.75 Å². The molecular weight excluding hydrogens is 313 g/mol. The molecule has 5 nitrogen and oxygen atoms in total. The van der Waals surface area contributed by atoms with Crippen LogP contribution >= 0.6 is 0 Å². The number of hydrogen-bond donors (Lipinski definition) is 1. The highest BCUT2D eigenvalue weighted by Gasteiger charge is 2.20. The topological polar surface area (TPSA) is 64.6 Å². The van der Waals surface area contributed by atoms with E-state index in [1.807, 2.05) is 19.1 Å². The number of rotatable bonds is 5. The van der Waals surface area contributed by atoms with E-state index in [4.69, 9.17) is 9.47 Å². The number of esters is 1. The fraction of sp³-hybridized carbons (Fsp3) is 0.222. The van der Waals surface area contributed by atoms with Crippen molar-refractivity contribution in [3.63, 3.8) is 0 Å². The Balaban J connectivity index is 1.98. The Morgan fingerprint density at radius 1 is 1.12 bits per heavy atom. The summed E-state index contributed by atoms with van der Waals surface area (Å²) in [7, 11) is 1.33. The summed E-state index contributed by atoms with van der Waals surface area (Å²) in [6, 6.07) is 10.9. The molecule has 0 aliphatic carbocycles. The molecule has 0 heterocycles. The van der Waals surface area contributed by atoms with Gasteiger partial charge in [-0.25, -0.2) is 9.18 Å². The molecule has 2 aromatic rings. The summed E-state index contributed by atoms with van der Waals surface area (Å²) in [6.07, 6.45) is -1.02. The van der Waals surface area contributed by atoms with Crippen LogP contribution in [0.25, 0.3) is 0 Å². The van der Waals surface area contributed by atoms with Gasteiger partial charge < -0.3 is 14.8 Å². The predicted molar refractivity (Wildman–Crippen MR) is 87.6 cm³/mol. The van der Waals surface area contributed by atoms with E-state index < -0.39 is 23.8 Å². The Morgan fingerprint density at radius 2 is 1.79 bits per heavy atom. The first kappa shape index (κ1) is 17.5. The number of nitrogens with one attached hydrogen (secondary N) is 1. The minimum Gasteiger partial charge on any atom is -0.494 e. The molecular formula is C18H18FNO4. The first-order valence-electron chi connectivity index (χ1n) is 7.32. The third-order valence-electron chi connectivity index (χ3n) is 3.36. The van der Waals surface area contributed by atoms with Gasteiger partial charge in [0.1, 0.15) is 0 Å². The summed E-state index contributed by atoms with van der Waals surface area (Å²) in [5, 5.41) is 2.65. The number of benzene rings is 2. The largest absolute Gasteiger partial charge is 0.494 e. The van der Waals surface area contributed by atoms with Gasteiger partial charge in [-0.2, -0.15) is 0 Å². The molecule has 0 aromatic heterocycles. The van der Waals surface area contributed by atoms with Gasteiger partial charge in [0.05, 0.1) is 12.7 Å². The zero-order chi connectivity index (χ0) is 17.7. The van der Waals surface area contributed by atoms with Gasteiger partial charge in [0.25, 0.3) is 5.91 Å². The van der Waals surface area contributed by atoms with Gasteiger partial charge in [0, 0.05) is 5.69 Å². The second-order valence-electron chi connectivity index (χ2n) is 5.25. The molecule has 0 saturated heterocycles. The zero-order valence-corrected chi connectivity index (χ0v) is 13.6. The van der Waals surface area contributed by atoms with Gasteiger partial charge in [-0.15, -0.1) is 0 Å². The molecule has 0 unspecified atom stereocenters. The predicted octanol–water partition coefficient (Wildman–Crippen LogP) is 3.33. The van der Waals surface area contributed by atoms with Crippen LogP contribution in [0.15, 0.2) is 42.5 Å². The summed E-state index contributed by atoms with van der Waals surface area (Å²) >= 11 is 0. The second kappa shape index (κ2) is 7.59. The Hall–Kier alpha value is -2.89. The van der Waals surface area contributed by atoms with Crippen molar-refractivity contribution in [1.29, 1.82) is 0 Å². The van der Waals surface area contributed by atoms with Crippen molar-refractivity contribution < 1.29 is 23.5 Å². The summed E-state index contributed by atoms with van der Waals surface area (Å²) in [5.74, 6) is -1.91. The third-order valence-corrected chi connectivity index (χ3v) is 3.36. The highest BCUT2D eigenvalue weighted by Crippen LogP contribution is 2.18. The molecule has 126 valence electrons. The van der Waals surface area contributed by atoms with Crippen LogP contribution in [0.4, 0.5) is 10.1 Å². The molecule has 1 N–H and O–H groups in total. The number of anilines is 1. The number of carbonyl (C=O) groups excluding carboxylic acids is 2. The minimum atomic E-state index is -1.02. The van der Waals surface area contributed by atoms with Crippen LogP contribution in [0, 0.1) is 12.7 Å². The SMILES string of the molecule is COc1ccc(C(=O)O[C@H](C)C(=O)Nc2ccc(C)cc2)cc1F. The summed E-state index contributed by atoms with van der Waals surface area (Å²) < 4.78 is 23.5. The van der Waals surface area contributed by atoms with Crippen molar-refractivity contribution >= 4 is 17.6 Å². The monoisotopic (exact) mass is 331 g/mol. The van der Waals surface area contributed by atoms with Crippen molar-refractivity contribution in [2.45, 2.75) is 20.0 Å². The standard InChI is InChI=1S/C18H18FNO4/c1-11-4-7-14(8-5-11)20-17(21)12(2)24-18(22)13-6-9-16(23-3)15(19)10-13/h4-10,12H,1-3H3,(H,20,21)/t12-/m1/s1. The van der Waals surface area contributed by atoms with Gasteiger partial charge >= 0.3 is 5.97 Å². The quantitative estimate of drug-likeness (QED) is 0.854. The number of aryl methyl sites for hydroxylation is 1. The highest BCUT2D eigenvalue weighted by atomic mass is 19.1. The average Bonchev–Trinajstić information content (AvgIpc) is 2.56. The number of hydrogen-bond acceptors (Lipinski definition) is 4. The lowest BCUT2D eigenvalue weighted by atomic mass is 10.2. The van der Waals surface area contributed by atoms with Crippen molar-refractivity contribution in [2.24, 2.45) is 0 Å². The van der Waals surface area contributed by atoms with Crippen molar-refractivity contribution in [3.05, 3.63) is 59.4 Å². The first-order chi connectivity index (χ1) is 11.4. The van der Waals surface area contributed by atoms with E-state index in [0.29, 0.717) is 5.69 Å². The molecule has 1 amide bonds. The number of carbonyl (C=O) groups is 2. The van der Waals surface area contributed by atoms with Gasteiger partial charge in [-0.3, -0.25) is 4.79 Å². The van der Waals surface area contributed by atoms with E-state index in [9.17, 15) is 14.0 Å². The number of methoxy groups -OCH3 is 1. The highest BCUT2D eigenvalue weighted by molar-refractivity contribution is 5.97.